The van der Waals surface area contributed by atoms with Gasteiger partial charge in [-0.05, 0) is 19.3 Å². The van der Waals surface area contributed by atoms with Gasteiger partial charge in [0.05, 0.1) is 18.5 Å². The molecular weight excluding hydrogens is 240 g/mol. The Kier molecular flexibility index (Phi) is 4.01. The summed E-state index contributed by atoms with van der Waals surface area (Å²) in [6.45, 7) is 4.40. The molecule has 0 amide bonds. The fourth-order valence-electron chi connectivity index (χ4n) is 3.12. The molecule has 1 aromatic rings. The van der Waals surface area contributed by atoms with E-state index in [0.29, 0.717) is 17.8 Å². The monoisotopic (exact) mass is 260 g/mol. The van der Waals surface area contributed by atoms with Crippen LogP contribution in [0.2, 0.25) is 0 Å². The summed E-state index contributed by atoms with van der Waals surface area (Å²) in [4.78, 5) is 8.25. The van der Waals surface area contributed by atoms with Crippen molar-refractivity contribution >= 4 is 5.82 Å². The third-order valence-corrected chi connectivity index (χ3v) is 4.47. The van der Waals surface area contributed by atoms with Crippen LogP contribution in [0.25, 0.3) is 0 Å². The predicted octanol–water partition coefficient (Wildman–Crippen LogP) is 2.35. The normalized spacial score (nSPS) is 24.3. The third kappa shape index (κ3) is 2.28. The van der Waals surface area contributed by atoms with Crippen molar-refractivity contribution in [1.82, 2.24) is 9.97 Å². The zero-order valence-electron chi connectivity index (χ0n) is 11.7. The predicted molar refractivity (Wildman–Crippen MR) is 72.6 cm³/mol. The number of aromatic nitrogens is 2. The van der Waals surface area contributed by atoms with Crippen molar-refractivity contribution in [3.8, 4) is 6.07 Å². The van der Waals surface area contributed by atoms with E-state index < -0.39 is 0 Å². The Morgan fingerprint density at radius 2 is 2.16 bits per heavy atom. The lowest BCUT2D eigenvalue weighted by Gasteiger charge is -2.55. The minimum Gasteiger partial charge on any atom is -0.381 e. The smallest absolute Gasteiger partial charge is 0.158 e. The second kappa shape index (κ2) is 5.54. The molecule has 0 saturated heterocycles. The number of nitriles is 1. The van der Waals surface area contributed by atoms with Gasteiger partial charge in [0.2, 0.25) is 0 Å². The van der Waals surface area contributed by atoms with Gasteiger partial charge >= 0.3 is 0 Å². The molecule has 0 bridgehead atoms. The average Bonchev–Trinajstić information content (AvgIpc) is 2.45. The quantitative estimate of drug-likeness (QED) is 0.880. The van der Waals surface area contributed by atoms with Crippen molar-refractivity contribution in [3.63, 3.8) is 0 Å². The molecule has 1 N–H and O–H groups in total. The van der Waals surface area contributed by atoms with E-state index in [1.165, 1.54) is 6.20 Å². The van der Waals surface area contributed by atoms with Gasteiger partial charge in [-0.25, -0.2) is 9.97 Å². The number of nitrogens with one attached hydrogen (secondary N) is 1. The van der Waals surface area contributed by atoms with Crippen LogP contribution in [0.1, 0.15) is 38.8 Å². The lowest BCUT2D eigenvalue weighted by molar-refractivity contribution is -0.106. The molecular formula is C14H20N4O. The molecule has 2 unspecified atom stereocenters. The molecule has 5 heteroatoms. The van der Waals surface area contributed by atoms with Gasteiger partial charge < -0.3 is 10.1 Å². The molecule has 102 valence electrons. The van der Waals surface area contributed by atoms with Crippen molar-refractivity contribution in [1.29, 1.82) is 5.26 Å². The summed E-state index contributed by atoms with van der Waals surface area (Å²) in [5.74, 6) is 0.727. The van der Waals surface area contributed by atoms with Gasteiger partial charge in [0.15, 0.2) is 5.69 Å². The van der Waals surface area contributed by atoms with Crippen molar-refractivity contribution in [2.45, 2.75) is 45.3 Å². The number of hydrogen-bond acceptors (Lipinski definition) is 5. The van der Waals surface area contributed by atoms with Gasteiger partial charge in [0, 0.05) is 18.6 Å². The Bertz CT molecular complexity index is 461. The number of rotatable bonds is 5. The second-order valence-electron chi connectivity index (χ2n) is 5.00. The zero-order valence-corrected chi connectivity index (χ0v) is 11.7. The minimum absolute atomic E-state index is 0.171. The molecule has 1 saturated carbocycles. The molecule has 1 heterocycles. The standard InChI is InChI=1S/C14H20N4O/c1-4-14(5-2)11(6-12(14)19-3)18-13-9-16-10(7-15)8-17-13/h8-9,11-12H,4-6H2,1-3H3,(H,17,18). The van der Waals surface area contributed by atoms with Gasteiger partial charge in [-0.15, -0.1) is 0 Å². The van der Waals surface area contributed by atoms with Crippen molar-refractivity contribution in [2.24, 2.45) is 5.41 Å². The molecule has 0 aromatic carbocycles. The van der Waals surface area contributed by atoms with E-state index in [1.54, 1.807) is 13.3 Å². The number of ether oxygens (including phenoxy) is 1. The third-order valence-electron chi connectivity index (χ3n) is 4.47. The highest BCUT2D eigenvalue weighted by Crippen LogP contribution is 2.49. The highest BCUT2D eigenvalue weighted by Gasteiger charge is 2.53. The Labute approximate surface area is 114 Å². The van der Waals surface area contributed by atoms with Gasteiger partial charge in [0.1, 0.15) is 11.9 Å². The summed E-state index contributed by atoms with van der Waals surface area (Å²) >= 11 is 0. The van der Waals surface area contributed by atoms with E-state index >= 15 is 0 Å². The molecule has 1 fully saturated rings. The van der Waals surface area contributed by atoms with Crippen LogP contribution in [0.4, 0.5) is 5.82 Å². The summed E-state index contributed by atoms with van der Waals surface area (Å²) in [5.41, 5.74) is 0.510. The Morgan fingerprint density at radius 3 is 2.63 bits per heavy atom. The summed E-state index contributed by atoms with van der Waals surface area (Å²) in [7, 11) is 1.78. The van der Waals surface area contributed by atoms with E-state index in [9.17, 15) is 0 Å². The first kappa shape index (κ1) is 13.8. The van der Waals surface area contributed by atoms with Crippen LogP contribution in [0.15, 0.2) is 12.4 Å². The maximum atomic E-state index is 8.70. The van der Waals surface area contributed by atoms with Crippen LogP contribution in [0.3, 0.4) is 0 Å². The van der Waals surface area contributed by atoms with Crippen molar-refractivity contribution < 1.29 is 4.74 Å². The SMILES string of the molecule is CCC1(CC)C(Nc2cnc(C#N)cn2)CC1OC. The van der Waals surface area contributed by atoms with Crippen molar-refractivity contribution in [3.05, 3.63) is 18.1 Å². The molecule has 0 spiro atoms. The first-order valence-electron chi connectivity index (χ1n) is 6.71. The van der Waals surface area contributed by atoms with Crippen LogP contribution < -0.4 is 5.32 Å². The molecule has 5 nitrogen and oxygen atoms in total. The largest absolute Gasteiger partial charge is 0.381 e. The van der Waals surface area contributed by atoms with Gasteiger partial charge in [-0.2, -0.15) is 5.26 Å². The van der Waals surface area contributed by atoms with Crippen LogP contribution in [0, 0.1) is 16.7 Å². The summed E-state index contributed by atoms with van der Waals surface area (Å²) in [5, 5.41) is 12.1. The molecule has 2 atom stereocenters. The van der Waals surface area contributed by atoms with E-state index in [2.05, 4.69) is 29.1 Å². The highest BCUT2D eigenvalue weighted by molar-refractivity contribution is 5.37. The summed E-state index contributed by atoms with van der Waals surface area (Å²) in [6.07, 6.45) is 6.56. The summed E-state index contributed by atoms with van der Waals surface area (Å²) in [6, 6.07) is 2.33. The highest BCUT2D eigenvalue weighted by atomic mass is 16.5. The minimum atomic E-state index is 0.171. The molecule has 1 aromatic heterocycles. The molecule has 19 heavy (non-hydrogen) atoms. The van der Waals surface area contributed by atoms with Crippen LogP contribution in [-0.4, -0.2) is 29.2 Å². The lowest BCUT2D eigenvalue weighted by Crippen LogP contribution is -2.60. The Morgan fingerprint density at radius 1 is 1.42 bits per heavy atom. The van der Waals surface area contributed by atoms with Gasteiger partial charge in [-0.3, -0.25) is 0 Å². The molecule has 0 aliphatic heterocycles. The number of anilines is 1. The zero-order chi connectivity index (χ0) is 13.9. The Balaban J connectivity index is 2.09. The average molecular weight is 260 g/mol. The first-order valence-corrected chi connectivity index (χ1v) is 6.71. The number of nitrogens with zero attached hydrogens (tertiary/aromatic N) is 3. The molecule has 1 aliphatic rings. The topological polar surface area (TPSA) is 70.8 Å². The second-order valence-corrected chi connectivity index (χ2v) is 5.00. The first-order chi connectivity index (χ1) is 9.20. The number of methoxy groups -OCH3 is 1. The Hall–Kier alpha value is -1.67. The van der Waals surface area contributed by atoms with E-state index in [-0.39, 0.29) is 5.41 Å². The van der Waals surface area contributed by atoms with Gasteiger partial charge in [0.25, 0.3) is 0 Å². The fourth-order valence-corrected chi connectivity index (χ4v) is 3.12. The number of hydrogen-bond donors (Lipinski definition) is 1. The molecule has 1 aliphatic carbocycles. The maximum Gasteiger partial charge on any atom is 0.158 e. The molecule has 0 radical (unpaired) electrons. The van der Waals surface area contributed by atoms with E-state index in [4.69, 9.17) is 10.00 Å². The van der Waals surface area contributed by atoms with Crippen molar-refractivity contribution in [2.75, 3.05) is 12.4 Å². The lowest BCUT2D eigenvalue weighted by atomic mass is 9.58. The van der Waals surface area contributed by atoms with Crippen LogP contribution in [0.5, 0.6) is 0 Å². The van der Waals surface area contributed by atoms with Crippen LogP contribution in [-0.2, 0) is 4.74 Å². The van der Waals surface area contributed by atoms with Crippen LogP contribution >= 0.6 is 0 Å². The van der Waals surface area contributed by atoms with E-state index in [1.807, 2.05) is 6.07 Å². The fraction of sp³-hybridized carbons (Fsp3) is 0.643. The summed E-state index contributed by atoms with van der Waals surface area (Å²) < 4.78 is 5.57. The maximum absolute atomic E-state index is 8.70. The van der Waals surface area contributed by atoms with Gasteiger partial charge in [-0.1, -0.05) is 13.8 Å². The van der Waals surface area contributed by atoms with E-state index in [0.717, 1.165) is 25.1 Å². The molecule has 2 rings (SSSR count).